The molecule has 1 aromatic rings. The van der Waals surface area contributed by atoms with Gasteiger partial charge in [0.1, 0.15) is 5.69 Å². The minimum Gasteiger partial charge on any atom is -0.367 e. The summed E-state index contributed by atoms with van der Waals surface area (Å²) < 4.78 is 37.3. The van der Waals surface area contributed by atoms with Gasteiger partial charge < -0.3 is 4.90 Å². The summed E-state index contributed by atoms with van der Waals surface area (Å²) in [5.74, 6) is 0. The molecule has 1 aliphatic heterocycles. The lowest BCUT2D eigenvalue weighted by molar-refractivity contribution is -0.141. The number of hydrogen-bond donors (Lipinski definition) is 0. The third-order valence-electron chi connectivity index (χ3n) is 2.46. The van der Waals surface area contributed by atoms with Crippen LogP contribution in [0.3, 0.4) is 0 Å². The van der Waals surface area contributed by atoms with Crippen molar-refractivity contribution in [1.29, 1.82) is 0 Å². The number of pyridine rings is 1. The molecule has 0 unspecified atom stereocenters. The predicted octanol–water partition coefficient (Wildman–Crippen LogP) is 2.87. The highest BCUT2D eigenvalue weighted by molar-refractivity contribution is 5.48. The van der Waals surface area contributed by atoms with Crippen molar-refractivity contribution in [2.45, 2.75) is 12.6 Å². The van der Waals surface area contributed by atoms with Gasteiger partial charge in [0.05, 0.1) is 0 Å². The SMILES string of the molecule is FC(F)(F)c1cc(N2CC=CCC2)ccn1. The quantitative estimate of drug-likeness (QED) is 0.687. The van der Waals surface area contributed by atoms with Crippen LogP contribution in [-0.4, -0.2) is 18.1 Å². The highest BCUT2D eigenvalue weighted by Crippen LogP contribution is 2.30. The van der Waals surface area contributed by atoms with Crippen LogP contribution in [0.15, 0.2) is 30.5 Å². The van der Waals surface area contributed by atoms with Gasteiger partial charge in [-0.25, -0.2) is 0 Å². The zero-order valence-corrected chi connectivity index (χ0v) is 8.54. The fourth-order valence-corrected chi connectivity index (χ4v) is 1.65. The zero-order chi connectivity index (χ0) is 11.6. The normalized spacial score (nSPS) is 16.6. The molecule has 0 saturated carbocycles. The molecule has 16 heavy (non-hydrogen) atoms. The Morgan fingerprint density at radius 3 is 2.69 bits per heavy atom. The lowest BCUT2D eigenvalue weighted by atomic mass is 10.2. The third kappa shape index (κ3) is 2.35. The molecule has 2 nitrogen and oxygen atoms in total. The zero-order valence-electron chi connectivity index (χ0n) is 8.54. The standard InChI is InChI=1S/C11H11F3N2/c12-11(13,14)10-8-9(4-5-15-10)16-6-2-1-3-7-16/h1-2,4-5,8H,3,6-7H2. The van der Waals surface area contributed by atoms with E-state index >= 15 is 0 Å². The first kappa shape index (κ1) is 11.0. The van der Waals surface area contributed by atoms with Crippen LogP contribution in [0.25, 0.3) is 0 Å². The van der Waals surface area contributed by atoms with Gasteiger partial charge in [0.2, 0.25) is 0 Å². The fraction of sp³-hybridized carbons (Fsp3) is 0.364. The Morgan fingerprint density at radius 2 is 2.06 bits per heavy atom. The summed E-state index contributed by atoms with van der Waals surface area (Å²) in [7, 11) is 0. The van der Waals surface area contributed by atoms with Crippen molar-refractivity contribution in [3.8, 4) is 0 Å². The summed E-state index contributed by atoms with van der Waals surface area (Å²) in [4.78, 5) is 5.24. The van der Waals surface area contributed by atoms with E-state index in [1.54, 1.807) is 6.07 Å². The van der Waals surface area contributed by atoms with Crippen molar-refractivity contribution in [3.63, 3.8) is 0 Å². The maximum atomic E-state index is 12.4. The van der Waals surface area contributed by atoms with Crippen molar-refractivity contribution in [2.75, 3.05) is 18.0 Å². The van der Waals surface area contributed by atoms with Crippen LogP contribution in [0.2, 0.25) is 0 Å². The molecule has 0 amide bonds. The molecular weight excluding hydrogens is 217 g/mol. The van der Waals surface area contributed by atoms with Crippen LogP contribution in [0.1, 0.15) is 12.1 Å². The van der Waals surface area contributed by atoms with Crippen molar-refractivity contribution in [1.82, 2.24) is 4.98 Å². The van der Waals surface area contributed by atoms with Crippen LogP contribution in [0.4, 0.5) is 18.9 Å². The molecule has 1 aromatic heterocycles. The molecule has 0 N–H and O–H groups in total. The first-order valence-corrected chi connectivity index (χ1v) is 5.00. The molecule has 2 heterocycles. The van der Waals surface area contributed by atoms with Crippen LogP contribution < -0.4 is 4.90 Å². The van der Waals surface area contributed by atoms with E-state index in [1.807, 2.05) is 17.1 Å². The van der Waals surface area contributed by atoms with E-state index in [-0.39, 0.29) is 0 Å². The smallest absolute Gasteiger partial charge is 0.367 e. The highest BCUT2D eigenvalue weighted by atomic mass is 19.4. The maximum Gasteiger partial charge on any atom is 0.433 e. The van der Waals surface area contributed by atoms with Gasteiger partial charge in [-0.1, -0.05) is 12.2 Å². The lowest BCUT2D eigenvalue weighted by Gasteiger charge is -2.25. The number of alkyl halides is 3. The van der Waals surface area contributed by atoms with Crippen molar-refractivity contribution in [3.05, 3.63) is 36.2 Å². The second-order valence-electron chi connectivity index (χ2n) is 3.60. The van der Waals surface area contributed by atoms with E-state index in [2.05, 4.69) is 4.98 Å². The van der Waals surface area contributed by atoms with Gasteiger partial charge in [-0.3, -0.25) is 4.98 Å². The van der Waals surface area contributed by atoms with Gasteiger partial charge in [0.25, 0.3) is 0 Å². The number of anilines is 1. The average molecular weight is 228 g/mol. The van der Waals surface area contributed by atoms with Gasteiger partial charge in [-0.2, -0.15) is 13.2 Å². The van der Waals surface area contributed by atoms with Crippen LogP contribution in [0.5, 0.6) is 0 Å². The van der Waals surface area contributed by atoms with E-state index in [0.29, 0.717) is 12.2 Å². The van der Waals surface area contributed by atoms with Crippen LogP contribution in [0, 0.1) is 0 Å². The molecule has 0 spiro atoms. The molecule has 0 saturated heterocycles. The van der Waals surface area contributed by atoms with Crippen LogP contribution >= 0.6 is 0 Å². The summed E-state index contributed by atoms with van der Waals surface area (Å²) >= 11 is 0. The van der Waals surface area contributed by atoms with E-state index in [1.165, 1.54) is 6.20 Å². The Morgan fingerprint density at radius 1 is 1.25 bits per heavy atom. The monoisotopic (exact) mass is 228 g/mol. The van der Waals surface area contributed by atoms with E-state index in [9.17, 15) is 13.2 Å². The Balaban J connectivity index is 2.25. The van der Waals surface area contributed by atoms with Crippen molar-refractivity contribution < 1.29 is 13.2 Å². The van der Waals surface area contributed by atoms with E-state index in [4.69, 9.17) is 0 Å². The van der Waals surface area contributed by atoms with Gasteiger partial charge in [0, 0.05) is 25.0 Å². The van der Waals surface area contributed by atoms with Gasteiger partial charge in [0.15, 0.2) is 0 Å². The molecule has 0 aromatic carbocycles. The molecule has 0 fully saturated rings. The molecule has 0 bridgehead atoms. The Kier molecular flexibility index (Phi) is 2.85. The summed E-state index contributed by atoms with van der Waals surface area (Å²) in [5, 5.41) is 0. The lowest BCUT2D eigenvalue weighted by Crippen LogP contribution is -2.27. The molecule has 0 radical (unpaired) electrons. The minimum atomic E-state index is -4.37. The number of nitrogens with zero attached hydrogens (tertiary/aromatic N) is 2. The van der Waals surface area contributed by atoms with Crippen molar-refractivity contribution >= 4 is 5.69 Å². The summed E-state index contributed by atoms with van der Waals surface area (Å²) in [6, 6.07) is 2.70. The maximum absolute atomic E-state index is 12.4. The van der Waals surface area contributed by atoms with Gasteiger partial charge in [-0.05, 0) is 18.6 Å². The summed E-state index contributed by atoms with van der Waals surface area (Å²) in [5.41, 5.74) is -0.258. The number of rotatable bonds is 1. The topological polar surface area (TPSA) is 16.1 Å². The molecular formula is C11H11F3N2. The molecule has 0 atom stereocenters. The Labute approximate surface area is 91.4 Å². The third-order valence-corrected chi connectivity index (χ3v) is 2.46. The second kappa shape index (κ2) is 4.15. The Hall–Kier alpha value is -1.52. The molecule has 1 aliphatic rings. The van der Waals surface area contributed by atoms with Crippen molar-refractivity contribution in [2.24, 2.45) is 0 Å². The average Bonchev–Trinajstić information content (AvgIpc) is 2.29. The molecule has 2 rings (SSSR count). The summed E-state index contributed by atoms with van der Waals surface area (Å²) in [6.45, 7) is 1.40. The number of aromatic nitrogens is 1. The van der Waals surface area contributed by atoms with Gasteiger partial charge >= 0.3 is 6.18 Å². The van der Waals surface area contributed by atoms with E-state index < -0.39 is 11.9 Å². The fourth-order valence-electron chi connectivity index (χ4n) is 1.65. The Bertz CT molecular complexity index is 398. The highest BCUT2D eigenvalue weighted by Gasteiger charge is 2.32. The second-order valence-corrected chi connectivity index (χ2v) is 3.60. The minimum absolute atomic E-state index is 0.576. The molecule has 86 valence electrons. The summed E-state index contributed by atoms with van der Waals surface area (Å²) in [6.07, 6.45) is 1.68. The number of hydrogen-bond acceptors (Lipinski definition) is 2. The first-order valence-electron chi connectivity index (χ1n) is 5.00. The molecule has 5 heteroatoms. The molecule has 0 aliphatic carbocycles. The largest absolute Gasteiger partial charge is 0.433 e. The predicted molar refractivity (Wildman–Crippen MR) is 55.2 cm³/mol. The van der Waals surface area contributed by atoms with E-state index in [0.717, 1.165) is 19.0 Å². The van der Waals surface area contributed by atoms with Crippen LogP contribution in [-0.2, 0) is 6.18 Å². The van der Waals surface area contributed by atoms with Gasteiger partial charge in [-0.15, -0.1) is 0 Å². The first-order chi connectivity index (χ1) is 7.57. The number of halogens is 3.